The summed E-state index contributed by atoms with van der Waals surface area (Å²) in [4.78, 5) is 20.2. The Kier molecular flexibility index (Phi) is 4.68. The molecule has 0 amide bonds. The van der Waals surface area contributed by atoms with E-state index < -0.39 is 29.8 Å². The van der Waals surface area contributed by atoms with E-state index in [9.17, 15) is 23.1 Å². The minimum Gasteiger partial charge on any atom is -0.478 e. The van der Waals surface area contributed by atoms with Gasteiger partial charge in [0.1, 0.15) is 23.0 Å². The highest BCUT2D eigenvalue weighted by molar-refractivity contribution is 6.01. The van der Waals surface area contributed by atoms with Crippen LogP contribution in [0.3, 0.4) is 0 Å². The Morgan fingerprint density at radius 1 is 1.20 bits per heavy atom. The molecule has 0 fully saturated rings. The van der Waals surface area contributed by atoms with Gasteiger partial charge in [0.2, 0.25) is 0 Å². The second-order valence-electron chi connectivity index (χ2n) is 6.55. The van der Waals surface area contributed by atoms with Crippen molar-refractivity contribution in [3.05, 3.63) is 52.6 Å². The van der Waals surface area contributed by atoms with Crippen molar-refractivity contribution in [3.63, 3.8) is 0 Å². The molecule has 0 saturated carbocycles. The van der Waals surface area contributed by atoms with Crippen LogP contribution in [0.2, 0.25) is 0 Å². The van der Waals surface area contributed by atoms with Crippen molar-refractivity contribution in [1.82, 2.24) is 30.0 Å². The van der Waals surface area contributed by atoms with E-state index in [1.807, 2.05) is 0 Å². The number of rotatable bonds is 5. The van der Waals surface area contributed by atoms with Gasteiger partial charge in [0.05, 0.1) is 17.0 Å². The third-order valence-electron chi connectivity index (χ3n) is 4.58. The molecule has 1 atom stereocenters. The molecule has 2 N–H and O–H groups in total. The highest BCUT2D eigenvalue weighted by Crippen LogP contribution is 2.31. The molecule has 0 aliphatic carbocycles. The molecule has 4 rings (SSSR count). The van der Waals surface area contributed by atoms with Crippen molar-refractivity contribution in [2.45, 2.75) is 26.3 Å². The number of aromatic carboxylic acids is 1. The van der Waals surface area contributed by atoms with Crippen LogP contribution in [0.5, 0.6) is 0 Å². The Morgan fingerprint density at radius 3 is 2.63 bits per heavy atom. The SMILES string of the molecule is Cc1nc(NC(C)c2cccc(C(F)F)c2F)c2cc(C(=O)O)c3nnnn3c2n1. The lowest BCUT2D eigenvalue weighted by atomic mass is 10.0. The molecule has 3 heterocycles. The lowest BCUT2D eigenvalue weighted by Gasteiger charge is -2.18. The Labute approximate surface area is 166 Å². The van der Waals surface area contributed by atoms with Gasteiger partial charge in [-0.05, 0) is 30.3 Å². The number of hydrogen-bond donors (Lipinski definition) is 2. The molecule has 0 aliphatic rings. The molecule has 12 heteroatoms. The van der Waals surface area contributed by atoms with E-state index in [0.717, 1.165) is 6.07 Å². The number of nitrogens with zero attached hydrogens (tertiary/aromatic N) is 6. The van der Waals surface area contributed by atoms with Gasteiger partial charge in [-0.25, -0.2) is 27.9 Å². The topological polar surface area (TPSA) is 118 Å². The molecule has 4 aromatic rings. The summed E-state index contributed by atoms with van der Waals surface area (Å²) >= 11 is 0. The lowest BCUT2D eigenvalue weighted by molar-refractivity contribution is 0.0698. The van der Waals surface area contributed by atoms with Crippen molar-refractivity contribution in [3.8, 4) is 0 Å². The fourth-order valence-corrected chi connectivity index (χ4v) is 3.19. The van der Waals surface area contributed by atoms with E-state index in [-0.39, 0.29) is 33.6 Å². The van der Waals surface area contributed by atoms with E-state index in [4.69, 9.17) is 0 Å². The number of alkyl halides is 2. The van der Waals surface area contributed by atoms with Gasteiger partial charge in [-0.2, -0.15) is 4.52 Å². The van der Waals surface area contributed by atoms with Gasteiger partial charge in [-0.3, -0.25) is 0 Å². The van der Waals surface area contributed by atoms with Crippen molar-refractivity contribution < 1.29 is 23.1 Å². The largest absolute Gasteiger partial charge is 0.478 e. The van der Waals surface area contributed by atoms with Gasteiger partial charge in [0, 0.05) is 5.56 Å². The molecule has 0 radical (unpaired) electrons. The number of carbonyl (C=O) groups is 1. The molecule has 3 aromatic heterocycles. The number of carboxylic acid groups (broad SMARTS) is 1. The monoisotopic (exact) mass is 417 g/mol. The van der Waals surface area contributed by atoms with Gasteiger partial charge in [0.25, 0.3) is 6.43 Å². The first-order chi connectivity index (χ1) is 14.3. The zero-order valence-electron chi connectivity index (χ0n) is 15.6. The predicted octanol–water partition coefficient (Wildman–Crippen LogP) is 3.32. The Bertz CT molecular complexity index is 1290. The summed E-state index contributed by atoms with van der Waals surface area (Å²) in [6, 6.07) is 4.29. The Balaban J connectivity index is 1.86. The lowest BCUT2D eigenvalue weighted by Crippen LogP contribution is -2.13. The summed E-state index contributed by atoms with van der Waals surface area (Å²) in [5, 5.41) is 23.7. The fourth-order valence-electron chi connectivity index (χ4n) is 3.19. The molecule has 0 saturated heterocycles. The highest BCUT2D eigenvalue weighted by atomic mass is 19.3. The molecule has 0 aliphatic heterocycles. The minimum atomic E-state index is -2.95. The Morgan fingerprint density at radius 2 is 1.93 bits per heavy atom. The van der Waals surface area contributed by atoms with Gasteiger partial charge in [-0.1, -0.05) is 18.2 Å². The summed E-state index contributed by atoms with van der Waals surface area (Å²) in [6.07, 6.45) is -2.95. The molecular formula is C18H14F3N7O2. The summed E-state index contributed by atoms with van der Waals surface area (Å²) in [6.45, 7) is 3.18. The third kappa shape index (κ3) is 3.15. The molecule has 9 nitrogen and oxygen atoms in total. The average Bonchev–Trinajstić information content (AvgIpc) is 3.17. The predicted molar refractivity (Wildman–Crippen MR) is 99.0 cm³/mol. The maximum atomic E-state index is 14.5. The number of halogens is 3. The zero-order valence-corrected chi connectivity index (χ0v) is 15.6. The second-order valence-corrected chi connectivity index (χ2v) is 6.55. The van der Waals surface area contributed by atoms with Gasteiger partial charge in [-0.15, -0.1) is 5.10 Å². The number of benzene rings is 1. The van der Waals surface area contributed by atoms with Crippen LogP contribution in [0, 0.1) is 12.7 Å². The summed E-state index contributed by atoms with van der Waals surface area (Å²) in [5.74, 6) is -1.77. The maximum Gasteiger partial charge on any atom is 0.339 e. The van der Waals surface area contributed by atoms with Crippen LogP contribution in [0.25, 0.3) is 16.7 Å². The van der Waals surface area contributed by atoms with Crippen LogP contribution < -0.4 is 5.32 Å². The fraction of sp³-hybridized carbons (Fsp3) is 0.222. The van der Waals surface area contributed by atoms with Crippen molar-refractivity contribution in [2.24, 2.45) is 0 Å². The van der Waals surface area contributed by atoms with Crippen LogP contribution in [0.15, 0.2) is 24.3 Å². The minimum absolute atomic E-state index is 0.00257. The second kappa shape index (κ2) is 7.21. The van der Waals surface area contributed by atoms with Crippen molar-refractivity contribution >= 4 is 28.5 Å². The number of aromatic nitrogens is 6. The molecule has 0 spiro atoms. The van der Waals surface area contributed by atoms with Gasteiger partial charge in [0.15, 0.2) is 11.3 Å². The first kappa shape index (κ1) is 19.5. The summed E-state index contributed by atoms with van der Waals surface area (Å²) in [7, 11) is 0. The quantitative estimate of drug-likeness (QED) is 0.508. The molecule has 1 aromatic carbocycles. The van der Waals surface area contributed by atoms with Crippen molar-refractivity contribution in [1.29, 1.82) is 0 Å². The number of carboxylic acids is 1. The number of aryl methyl sites for hydroxylation is 1. The van der Waals surface area contributed by atoms with Crippen LogP contribution in [0.1, 0.15) is 46.7 Å². The van der Waals surface area contributed by atoms with E-state index in [1.54, 1.807) is 13.8 Å². The average molecular weight is 417 g/mol. The number of hydrogen-bond acceptors (Lipinski definition) is 7. The van der Waals surface area contributed by atoms with E-state index in [1.165, 1.54) is 22.7 Å². The number of fused-ring (bicyclic) bond motifs is 3. The standard InChI is InChI=1S/C18H14F3N7O2/c1-7(9-4-3-5-10(13(9)19)14(20)21)22-15-11-6-12(18(29)30)17-25-26-27-28(17)16(11)24-8(2)23-15/h3-7,14H,1-2H3,(H,29,30)(H,22,23,24). The first-order valence-corrected chi connectivity index (χ1v) is 8.73. The third-order valence-corrected chi connectivity index (χ3v) is 4.58. The van der Waals surface area contributed by atoms with Crippen LogP contribution in [0.4, 0.5) is 19.0 Å². The van der Waals surface area contributed by atoms with E-state index >= 15 is 0 Å². The number of tetrazole rings is 1. The Hall–Kier alpha value is -3.83. The summed E-state index contributed by atoms with van der Waals surface area (Å²) in [5.41, 5.74) is -0.624. The maximum absolute atomic E-state index is 14.5. The smallest absolute Gasteiger partial charge is 0.339 e. The van der Waals surface area contributed by atoms with Gasteiger partial charge >= 0.3 is 5.97 Å². The number of anilines is 1. The van der Waals surface area contributed by atoms with Crippen LogP contribution in [-0.4, -0.2) is 41.1 Å². The molecular weight excluding hydrogens is 403 g/mol. The number of nitrogens with one attached hydrogen (secondary N) is 1. The highest BCUT2D eigenvalue weighted by Gasteiger charge is 2.22. The van der Waals surface area contributed by atoms with E-state index in [0.29, 0.717) is 5.82 Å². The molecule has 30 heavy (non-hydrogen) atoms. The summed E-state index contributed by atoms with van der Waals surface area (Å²) < 4.78 is 41.8. The van der Waals surface area contributed by atoms with Crippen molar-refractivity contribution in [2.75, 3.05) is 5.32 Å². The van der Waals surface area contributed by atoms with Crippen LogP contribution in [-0.2, 0) is 0 Å². The first-order valence-electron chi connectivity index (χ1n) is 8.73. The zero-order chi connectivity index (χ0) is 21.6. The van der Waals surface area contributed by atoms with Gasteiger partial charge < -0.3 is 10.4 Å². The number of pyridine rings is 1. The molecule has 0 bridgehead atoms. The van der Waals surface area contributed by atoms with Crippen LogP contribution >= 0.6 is 0 Å². The normalized spacial score (nSPS) is 12.6. The van der Waals surface area contributed by atoms with E-state index in [2.05, 4.69) is 30.8 Å². The molecule has 154 valence electrons. The molecule has 1 unspecified atom stereocenters.